The molecule has 1 atom stereocenters. The number of allylic oxidation sites excluding steroid dienone is 1. The van der Waals surface area contributed by atoms with Crippen molar-refractivity contribution in [2.45, 2.75) is 25.6 Å². The molecule has 0 saturated heterocycles. The van der Waals surface area contributed by atoms with Gasteiger partial charge in [-0.25, -0.2) is 4.99 Å². The molecule has 3 heterocycles. The smallest absolute Gasteiger partial charge is 0.200 e. The van der Waals surface area contributed by atoms with Gasteiger partial charge in [-0.3, -0.25) is 0 Å². The van der Waals surface area contributed by atoms with Crippen LogP contribution in [0.2, 0.25) is 0 Å². The zero-order valence-electron chi connectivity index (χ0n) is 32.9. The number of para-hydroxylation sites is 3. The molecule has 8 aromatic carbocycles. The number of hydrogen-bond donors (Lipinski definition) is 1. The summed E-state index contributed by atoms with van der Waals surface area (Å²) < 4.78 is 4.70. The molecule has 0 bridgehead atoms. The van der Waals surface area contributed by atoms with Crippen LogP contribution in [0.3, 0.4) is 0 Å². The lowest BCUT2D eigenvalue weighted by Gasteiger charge is -2.24. The minimum absolute atomic E-state index is 0.123. The van der Waals surface area contributed by atoms with Crippen LogP contribution in [0.4, 0.5) is 0 Å². The Morgan fingerprint density at radius 3 is 1.66 bits per heavy atom. The lowest BCUT2D eigenvalue weighted by molar-refractivity contribution is 0.502. The third-order valence-corrected chi connectivity index (χ3v) is 12.8. The summed E-state index contributed by atoms with van der Waals surface area (Å²) in [6.45, 7) is 4.70. The summed E-state index contributed by atoms with van der Waals surface area (Å²) in [5.74, 6) is 0. The highest BCUT2D eigenvalue weighted by Crippen LogP contribution is 2.50. The summed E-state index contributed by atoms with van der Waals surface area (Å²) in [4.78, 5) is 5.17. The first kappa shape index (κ1) is 33.7. The van der Waals surface area contributed by atoms with Gasteiger partial charge in [-0.05, 0) is 111 Å². The van der Waals surface area contributed by atoms with E-state index in [9.17, 15) is 0 Å². The van der Waals surface area contributed by atoms with Gasteiger partial charge < -0.3 is 14.5 Å². The molecule has 1 aliphatic heterocycles. The highest BCUT2D eigenvalue weighted by atomic mass is 15.3. The van der Waals surface area contributed by atoms with Crippen LogP contribution in [0.1, 0.15) is 36.8 Å². The van der Waals surface area contributed by atoms with Gasteiger partial charge in [0.05, 0.1) is 22.1 Å². The Kier molecular flexibility index (Phi) is 7.30. The standard InChI is InChI=1S/C55H40N4/c1-55(2)48-31-38(35-13-5-3-6-14-35)21-25-42(48)43-26-22-39(32-49(43)55)40-33-56-54(57-34-40)59-51-20-12-10-18-45(51)47-30-37(24-28-53(47)59)36-23-27-52-46(29-36)44-17-9-11-19-50(44)58(52)41-15-7-4-8-16-41/h3-34,54,56H,1-2H3. The molecule has 2 aromatic heterocycles. The molecule has 4 heteroatoms. The van der Waals surface area contributed by atoms with E-state index in [1.807, 2.05) is 6.21 Å². The number of aliphatic imine (C=N–C) groups is 1. The van der Waals surface area contributed by atoms with E-state index in [0.29, 0.717) is 0 Å². The minimum Gasteiger partial charge on any atom is -0.352 e. The zero-order chi connectivity index (χ0) is 39.2. The predicted molar refractivity (Wildman–Crippen MR) is 247 cm³/mol. The first-order chi connectivity index (χ1) is 29.0. The Balaban J connectivity index is 0.878. The molecule has 12 rings (SSSR count). The highest BCUT2D eigenvalue weighted by molar-refractivity contribution is 6.13. The molecule has 2 aliphatic rings. The molecule has 0 radical (unpaired) electrons. The third-order valence-electron chi connectivity index (χ3n) is 12.8. The average Bonchev–Trinajstić information content (AvgIpc) is 3.89. The van der Waals surface area contributed by atoms with E-state index in [-0.39, 0.29) is 11.7 Å². The molecule has 0 saturated carbocycles. The molecule has 0 spiro atoms. The van der Waals surface area contributed by atoms with E-state index in [0.717, 1.165) is 16.6 Å². The van der Waals surface area contributed by atoms with Crippen molar-refractivity contribution in [1.29, 1.82) is 0 Å². The Hall–Kier alpha value is -7.43. The van der Waals surface area contributed by atoms with Gasteiger partial charge in [-0.15, -0.1) is 0 Å². The summed E-state index contributed by atoms with van der Waals surface area (Å²) in [5, 5.41) is 8.62. The molecule has 0 fully saturated rings. The van der Waals surface area contributed by atoms with Crippen molar-refractivity contribution in [2.24, 2.45) is 4.99 Å². The zero-order valence-corrected chi connectivity index (χ0v) is 32.9. The fourth-order valence-corrected chi connectivity index (χ4v) is 9.88. The quantitative estimate of drug-likeness (QED) is 0.186. The van der Waals surface area contributed by atoms with Crippen molar-refractivity contribution in [3.8, 4) is 39.1 Å². The van der Waals surface area contributed by atoms with Crippen molar-refractivity contribution in [1.82, 2.24) is 14.5 Å². The number of fused-ring (bicyclic) bond motifs is 9. The van der Waals surface area contributed by atoms with Crippen LogP contribution >= 0.6 is 0 Å². The summed E-state index contributed by atoms with van der Waals surface area (Å²) in [6.07, 6.45) is 3.90. The van der Waals surface area contributed by atoms with Crippen LogP contribution in [0.5, 0.6) is 0 Å². The van der Waals surface area contributed by atoms with Gasteiger partial charge in [0, 0.05) is 50.6 Å². The second-order valence-corrected chi connectivity index (χ2v) is 16.5. The number of benzene rings is 8. The Bertz CT molecular complexity index is 3380. The van der Waals surface area contributed by atoms with E-state index < -0.39 is 0 Å². The van der Waals surface area contributed by atoms with Crippen LogP contribution < -0.4 is 5.32 Å². The second kappa shape index (κ2) is 12.8. The third kappa shape index (κ3) is 5.12. The molecule has 1 aliphatic carbocycles. The summed E-state index contributed by atoms with van der Waals surface area (Å²) in [6, 6.07) is 66.4. The van der Waals surface area contributed by atoms with Crippen LogP contribution in [-0.4, -0.2) is 15.3 Å². The normalized spacial score (nSPS) is 15.4. The van der Waals surface area contributed by atoms with Gasteiger partial charge >= 0.3 is 0 Å². The fraction of sp³-hybridized carbons (Fsp3) is 0.0727. The van der Waals surface area contributed by atoms with Crippen molar-refractivity contribution < 1.29 is 0 Å². The van der Waals surface area contributed by atoms with Crippen molar-refractivity contribution in [2.75, 3.05) is 0 Å². The summed E-state index contributed by atoms with van der Waals surface area (Å²) in [5.41, 5.74) is 18.3. The van der Waals surface area contributed by atoms with Crippen LogP contribution in [0.15, 0.2) is 193 Å². The minimum atomic E-state index is -0.279. The predicted octanol–water partition coefficient (Wildman–Crippen LogP) is 13.7. The lowest BCUT2D eigenvalue weighted by Crippen LogP contribution is -2.24. The molecule has 1 unspecified atom stereocenters. The second-order valence-electron chi connectivity index (χ2n) is 16.5. The van der Waals surface area contributed by atoms with E-state index in [1.165, 1.54) is 88.3 Å². The Morgan fingerprint density at radius 2 is 0.966 bits per heavy atom. The summed E-state index contributed by atoms with van der Waals surface area (Å²) >= 11 is 0. The monoisotopic (exact) mass is 756 g/mol. The average molecular weight is 757 g/mol. The lowest BCUT2D eigenvalue weighted by atomic mass is 9.81. The first-order valence-corrected chi connectivity index (χ1v) is 20.5. The molecular formula is C55H40N4. The van der Waals surface area contributed by atoms with Crippen molar-refractivity contribution in [3.05, 3.63) is 205 Å². The topological polar surface area (TPSA) is 34.2 Å². The van der Waals surface area contributed by atoms with Crippen LogP contribution in [-0.2, 0) is 5.41 Å². The van der Waals surface area contributed by atoms with Gasteiger partial charge in [0.1, 0.15) is 0 Å². The molecule has 280 valence electrons. The van der Waals surface area contributed by atoms with E-state index >= 15 is 0 Å². The van der Waals surface area contributed by atoms with Gasteiger partial charge in [-0.1, -0.05) is 135 Å². The Labute approximate surface area is 343 Å². The number of nitrogens with one attached hydrogen (secondary N) is 1. The van der Waals surface area contributed by atoms with Gasteiger partial charge in [0.2, 0.25) is 0 Å². The van der Waals surface area contributed by atoms with Gasteiger partial charge in [0.25, 0.3) is 0 Å². The number of rotatable bonds is 5. The van der Waals surface area contributed by atoms with Crippen LogP contribution in [0.25, 0.3) is 88.3 Å². The molecule has 1 N–H and O–H groups in total. The molecule has 4 nitrogen and oxygen atoms in total. The number of aromatic nitrogens is 2. The Morgan fingerprint density at radius 1 is 0.458 bits per heavy atom. The summed E-state index contributed by atoms with van der Waals surface area (Å²) in [7, 11) is 0. The maximum Gasteiger partial charge on any atom is 0.200 e. The van der Waals surface area contributed by atoms with E-state index in [1.54, 1.807) is 0 Å². The number of hydrogen-bond acceptors (Lipinski definition) is 2. The van der Waals surface area contributed by atoms with Gasteiger partial charge in [-0.2, -0.15) is 0 Å². The maximum atomic E-state index is 5.17. The van der Waals surface area contributed by atoms with Crippen molar-refractivity contribution >= 4 is 55.4 Å². The molecule has 59 heavy (non-hydrogen) atoms. The SMILES string of the molecule is CC1(C)c2cc(C3=CNC(n4c5ccccc5c5cc(-c6ccc7c(c6)c6ccccc6n7-c6ccccc6)ccc54)N=C3)ccc2-c2ccc(-c3ccccc3)cc21. The first-order valence-electron chi connectivity index (χ1n) is 20.5. The maximum absolute atomic E-state index is 5.17. The van der Waals surface area contributed by atoms with Crippen LogP contribution in [0, 0.1) is 0 Å². The highest BCUT2D eigenvalue weighted by Gasteiger charge is 2.36. The van der Waals surface area contributed by atoms with E-state index in [4.69, 9.17) is 4.99 Å². The van der Waals surface area contributed by atoms with Gasteiger partial charge in [0.15, 0.2) is 6.29 Å². The van der Waals surface area contributed by atoms with E-state index in [2.05, 4.69) is 216 Å². The molecule has 0 amide bonds. The number of nitrogens with zero attached hydrogens (tertiary/aromatic N) is 3. The molecule has 10 aromatic rings. The molecular weight excluding hydrogens is 717 g/mol. The van der Waals surface area contributed by atoms with Crippen molar-refractivity contribution in [3.63, 3.8) is 0 Å². The fourth-order valence-electron chi connectivity index (χ4n) is 9.88. The largest absolute Gasteiger partial charge is 0.352 e.